The van der Waals surface area contributed by atoms with E-state index in [0.717, 1.165) is 51.4 Å². The molecule has 0 aliphatic heterocycles. The molecule has 0 heterocycles. The first-order valence-corrected chi connectivity index (χ1v) is 12.0. The third kappa shape index (κ3) is 23.0. The normalized spacial score (nSPS) is 15.4. The van der Waals surface area contributed by atoms with E-state index >= 15 is 0 Å². The molecule has 0 saturated carbocycles. The monoisotopic (exact) mass is 444 g/mol. The van der Waals surface area contributed by atoms with Crippen LogP contribution in [0, 0.1) is 0 Å². The van der Waals surface area contributed by atoms with E-state index in [1.807, 2.05) is 0 Å². The minimum absolute atomic E-state index is 0.726. The Kier molecular flexibility index (Phi) is 18.2. The summed E-state index contributed by atoms with van der Waals surface area (Å²) in [5, 5.41) is 19.5. The second kappa shape index (κ2) is 17.9. The lowest BCUT2D eigenvalue weighted by Gasteiger charge is -2.16. The van der Waals surface area contributed by atoms with E-state index in [1.54, 1.807) is 26.0 Å². The minimum Gasteiger partial charge on any atom is -0.386 e. The lowest BCUT2D eigenvalue weighted by molar-refractivity contribution is 0.103. The molecule has 0 aromatic carbocycles. The average Bonchev–Trinajstić information content (AvgIpc) is 2.67. The van der Waals surface area contributed by atoms with Gasteiger partial charge in [0.25, 0.3) is 0 Å². The highest BCUT2D eigenvalue weighted by molar-refractivity contribution is 5.04. The summed E-state index contributed by atoms with van der Waals surface area (Å²) in [6.45, 7) is 23.6. The Hall–Kier alpha value is -1.64. The third-order valence-electron chi connectivity index (χ3n) is 5.35. The van der Waals surface area contributed by atoms with E-state index in [-0.39, 0.29) is 0 Å². The van der Waals surface area contributed by atoms with Gasteiger partial charge in [0.2, 0.25) is 0 Å². The summed E-state index contributed by atoms with van der Waals surface area (Å²) in [7, 11) is 0. The van der Waals surface area contributed by atoms with E-state index in [9.17, 15) is 10.2 Å². The molecule has 184 valence electrons. The van der Waals surface area contributed by atoms with Gasteiger partial charge in [-0.2, -0.15) is 0 Å². The van der Waals surface area contributed by atoms with Crippen molar-refractivity contribution in [1.82, 2.24) is 0 Å². The quantitative estimate of drug-likeness (QED) is 0.263. The van der Waals surface area contributed by atoms with Crippen LogP contribution >= 0.6 is 0 Å². The van der Waals surface area contributed by atoms with Crippen molar-refractivity contribution in [1.29, 1.82) is 0 Å². The Morgan fingerprint density at radius 3 is 1.16 bits per heavy atom. The fourth-order valence-corrected chi connectivity index (χ4v) is 2.81. The van der Waals surface area contributed by atoms with Gasteiger partial charge in [-0.3, -0.25) is 0 Å². The zero-order chi connectivity index (χ0) is 25.2. The summed E-state index contributed by atoms with van der Waals surface area (Å²) in [5.74, 6) is 0. The van der Waals surface area contributed by atoms with Crippen molar-refractivity contribution in [2.24, 2.45) is 0 Å². The molecule has 0 saturated heterocycles. The summed E-state index contributed by atoms with van der Waals surface area (Å²) < 4.78 is 0. The zero-order valence-corrected chi connectivity index (χ0v) is 22.4. The van der Waals surface area contributed by atoms with Gasteiger partial charge in [0, 0.05) is 0 Å². The lowest BCUT2D eigenvalue weighted by atomic mass is 9.99. The van der Waals surface area contributed by atoms with Crippen molar-refractivity contribution in [2.75, 3.05) is 0 Å². The van der Waals surface area contributed by atoms with Crippen molar-refractivity contribution in [2.45, 2.75) is 118 Å². The largest absolute Gasteiger partial charge is 0.386 e. The van der Waals surface area contributed by atoms with E-state index in [1.165, 1.54) is 22.3 Å². The van der Waals surface area contributed by atoms with E-state index in [2.05, 4.69) is 79.0 Å². The lowest BCUT2D eigenvalue weighted by Crippen LogP contribution is -2.19. The number of hydrogen-bond donors (Lipinski definition) is 2. The topological polar surface area (TPSA) is 40.5 Å². The average molecular weight is 445 g/mol. The molecule has 0 spiro atoms. The maximum Gasteiger partial charge on any atom is 0.0800 e. The highest BCUT2D eigenvalue weighted by Crippen LogP contribution is 2.16. The van der Waals surface area contributed by atoms with Gasteiger partial charge in [-0.25, -0.2) is 0 Å². The minimum atomic E-state index is -0.726. The summed E-state index contributed by atoms with van der Waals surface area (Å²) in [6, 6.07) is 0. The van der Waals surface area contributed by atoms with Crippen LogP contribution in [-0.4, -0.2) is 21.4 Å². The number of rotatable bonds is 14. The predicted octanol–water partition coefficient (Wildman–Crippen LogP) is 8.79. The number of hydrogen-bond acceptors (Lipinski definition) is 2. The van der Waals surface area contributed by atoms with Gasteiger partial charge in [-0.1, -0.05) is 58.7 Å². The molecule has 0 amide bonds. The van der Waals surface area contributed by atoms with E-state index in [4.69, 9.17) is 0 Å². The summed E-state index contributed by atoms with van der Waals surface area (Å²) in [5.41, 5.74) is 4.10. The second-order valence-corrected chi connectivity index (χ2v) is 9.94. The van der Waals surface area contributed by atoms with E-state index in [0.29, 0.717) is 0 Å². The molecule has 2 heteroatoms. The molecule has 2 N–H and O–H groups in total. The molecule has 0 radical (unpaired) electrons. The molecule has 0 aliphatic carbocycles. The van der Waals surface area contributed by atoms with E-state index < -0.39 is 11.2 Å². The van der Waals surface area contributed by atoms with Crippen molar-refractivity contribution in [3.8, 4) is 0 Å². The first-order valence-electron chi connectivity index (χ1n) is 12.0. The second-order valence-electron chi connectivity index (χ2n) is 9.94. The van der Waals surface area contributed by atoms with Gasteiger partial charge in [0.15, 0.2) is 0 Å². The fourth-order valence-electron chi connectivity index (χ4n) is 2.81. The van der Waals surface area contributed by atoms with Crippen LogP contribution in [0.5, 0.6) is 0 Å². The van der Waals surface area contributed by atoms with Gasteiger partial charge in [-0.05, 0) is 107 Å². The molecule has 2 unspecified atom stereocenters. The van der Waals surface area contributed by atoms with Crippen molar-refractivity contribution in [3.05, 3.63) is 71.9 Å². The highest BCUT2D eigenvalue weighted by atomic mass is 16.3. The van der Waals surface area contributed by atoms with Crippen LogP contribution in [0.4, 0.5) is 0 Å². The highest BCUT2D eigenvalue weighted by Gasteiger charge is 2.13. The molecular formula is C30H52O2. The van der Waals surface area contributed by atoms with Crippen LogP contribution in [-0.2, 0) is 0 Å². The summed E-state index contributed by atoms with van der Waals surface area (Å²) in [6.07, 6.45) is 20.0. The smallest absolute Gasteiger partial charge is 0.0800 e. The molecule has 2 nitrogen and oxygen atoms in total. The predicted molar refractivity (Wildman–Crippen MR) is 145 cm³/mol. The SMILES string of the molecule is C=CC(C)(O)CC/C=C(/C)CCC=C(C)C.C=CC(C)(O)CC/C=C(\C)CCC=C(C)C. The molecule has 0 bridgehead atoms. The molecule has 0 aliphatic rings. The maximum absolute atomic E-state index is 9.73. The van der Waals surface area contributed by atoms with Crippen molar-refractivity contribution in [3.63, 3.8) is 0 Å². The molecule has 0 aromatic heterocycles. The molecule has 0 fully saturated rings. The molecular weight excluding hydrogens is 392 g/mol. The Morgan fingerprint density at radius 1 is 0.594 bits per heavy atom. The van der Waals surface area contributed by atoms with Crippen LogP contribution in [0.25, 0.3) is 0 Å². The molecule has 0 rings (SSSR count). The van der Waals surface area contributed by atoms with Crippen LogP contribution < -0.4 is 0 Å². The Labute approximate surface area is 200 Å². The molecule has 2 atom stereocenters. The molecule has 32 heavy (non-hydrogen) atoms. The Bertz CT molecular complexity index is 588. The Balaban J connectivity index is 0. The zero-order valence-electron chi connectivity index (χ0n) is 22.4. The summed E-state index contributed by atoms with van der Waals surface area (Å²) in [4.78, 5) is 0. The van der Waals surface area contributed by atoms with Gasteiger partial charge in [-0.15, -0.1) is 13.2 Å². The number of aliphatic hydroxyl groups is 2. The van der Waals surface area contributed by atoms with Gasteiger partial charge in [0.1, 0.15) is 0 Å². The van der Waals surface area contributed by atoms with Crippen molar-refractivity contribution >= 4 is 0 Å². The van der Waals surface area contributed by atoms with Gasteiger partial charge in [0.05, 0.1) is 11.2 Å². The summed E-state index contributed by atoms with van der Waals surface area (Å²) >= 11 is 0. The van der Waals surface area contributed by atoms with Crippen LogP contribution in [0.1, 0.15) is 107 Å². The molecule has 0 aromatic rings. The Morgan fingerprint density at radius 2 is 0.906 bits per heavy atom. The van der Waals surface area contributed by atoms with Crippen molar-refractivity contribution < 1.29 is 10.2 Å². The first kappa shape index (κ1) is 32.5. The van der Waals surface area contributed by atoms with Crippen LogP contribution in [0.3, 0.4) is 0 Å². The maximum atomic E-state index is 9.73. The van der Waals surface area contributed by atoms with Gasteiger partial charge < -0.3 is 10.2 Å². The fraction of sp³-hybridized carbons (Fsp3) is 0.600. The van der Waals surface area contributed by atoms with Crippen LogP contribution in [0.2, 0.25) is 0 Å². The third-order valence-corrected chi connectivity index (χ3v) is 5.35. The standard InChI is InChI=1S/2C15H26O/c2*1-6-15(5,16)12-8-11-14(4)10-7-9-13(2)3/h2*6,9,11,16H,1,7-8,10,12H2,2-5H3/b14-11+;14-11-. The van der Waals surface area contributed by atoms with Crippen LogP contribution in [0.15, 0.2) is 71.9 Å². The first-order chi connectivity index (χ1) is 14.7. The number of allylic oxidation sites excluding steroid dienone is 8. The van der Waals surface area contributed by atoms with Gasteiger partial charge >= 0.3 is 0 Å².